The second-order valence-electron chi connectivity index (χ2n) is 2.54. The highest BCUT2D eigenvalue weighted by Crippen LogP contribution is 1.90. The minimum absolute atomic E-state index is 0.616. The van der Waals surface area contributed by atoms with Gasteiger partial charge in [0.25, 0.3) is 0 Å². The third-order valence-corrected chi connectivity index (χ3v) is 1.26. The van der Waals surface area contributed by atoms with Crippen LogP contribution >= 0.6 is 0 Å². The Hall–Kier alpha value is -0.110. The molecule has 0 heterocycles. The van der Waals surface area contributed by atoms with E-state index in [1.54, 1.807) is 14.0 Å². The highest BCUT2D eigenvalue weighted by Gasteiger charge is 1.85. The summed E-state index contributed by atoms with van der Waals surface area (Å²) in [5.74, 6) is 0. The molecule has 0 aromatic carbocycles. The molecule has 1 nitrogen and oxygen atoms in total. The first-order chi connectivity index (χ1) is 5.18. The first-order valence-electron chi connectivity index (χ1n) is 4.31. The molecule has 0 radical (unpaired) electrons. The van der Waals surface area contributed by atoms with Crippen molar-refractivity contribution in [1.29, 1.82) is 0 Å². The number of methoxy groups -OCH3 is 1. The molecule has 70 valence electrons. The highest BCUT2D eigenvalue weighted by atomic mass is 19.1. The van der Waals surface area contributed by atoms with Crippen LogP contribution in [0.15, 0.2) is 0 Å². The van der Waals surface area contributed by atoms with Gasteiger partial charge in [0.05, 0.1) is 6.17 Å². The molecule has 0 N–H and O–H groups in total. The van der Waals surface area contributed by atoms with E-state index in [1.165, 1.54) is 12.8 Å². The van der Waals surface area contributed by atoms with Crippen molar-refractivity contribution in [3.8, 4) is 0 Å². The van der Waals surface area contributed by atoms with Crippen molar-refractivity contribution in [2.45, 2.75) is 46.2 Å². The first-order valence-corrected chi connectivity index (χ1v) is 4.31. The van der Waals surface area contributed by atoms with Crippen LogP contribution in [0.25, 0.3) is 0 Å². The lowest BCUT2D eigenvalue weighted by atomic mass is 10.4. The van der Waals surface area contributed by atoms with E-state index in [0.29, 0.717) is 6.42 Å². The molecule has 0 rings (SSSR count). The van der Waals surface area contributed by atoms with Crippen molar-refractivity contribution in [3.05, 3.63) is 0 Å². The van der Waals surface area contributed by atoms with Crippen molar-refractivity contribution < 1.29 is 9.13 Å². The number of unbranched alkanes of at least 4 members (excludes halogenated alkanes) is 1. The van der Waals surface area contributed by atoms with Gasteiger partial charge in [-0.2, -0.15) is 0 Å². The Kier molecular flexibility index (Phi) is 15.4. The number of hydrogen-bond donors (Lipinski definition) is 0. The summed E-state index contributed by atoms with van der Waals surface area (Å²) >= 11 is 0. The number of rotatable bonds is 4. The van der Waals surface area contributed by atoms with Crippen LogP contribution in [0.4, 0.5) is 4.39 Å². The summed E-state index contributed by atoms with van der Waals surface area (Å²) in [6.07, 6.45) is 2.44. The second kappa shape index (κ2) is 12.6. The van der Waals surface area contributed by atoms with E-state index in [0.717, 1.165) is 6.61 Å². The fourth-order valence-corrected chi connectivity index (χ4v) is 0.289. The summed E-state index contributed by atoms with van der Waals surface area (Å²) < 4.78 is 16.2. The molecular formula is C9H21FO. The molecule has 2 heteroatoms. The van der Waals surface area contributed by atoms with Gasteiger partial charge in [-0.1, -0.05) is 20.3 Å². The number of halogens is 1. The van der Waals surface area contributed by atoms with Gasteiger partial charge in [0, 0.05) is 13.7 Å². The van der Waals surface area contributed by atoms with Crippen LogP contribution in [0.3, 0.4) is 0 Å². The van der Waals surface area contributed by atoms with E-state index in [1.807, 2.05) is 6.92 Å². The Balaban J connectivity index is 0. The van der Waals surface area contributed by atoms with E-state index in [9.17, 15) is 4.39 Å². The SMILES string of the molecule is CCC(C)F.CCCCOC. The summed E-state index contributed by atoms with van der Waals surface area (Å²) in [5.41, 5.74) is 0. The number of alkyl halides is 1. The van der Waals surface area contributed by atoms with Crippen molar-refractivity contribution in [2.75, 3.05) is 13.7 Å². The third kappa shape index (κ3) is 25.7. The van der Waals surface area contributed by atoms with Crippen LogP contribution in [0.1, 0.15) is 40.0 Å². The zero-order valence-corrected chi connectivity index (χ0v) is 8.19. The van der Waals surface area contributed by atoms with Crippen LogP contribution in [0.2, 0.25) is 0 Å². The van der Waals surface area contributed by atoms with Crippen molar-refractivity contribution in [2.24, 2.45) is 0 Å². The highest BCUT2D eigenvalue weighted by molar-refractivity contribution is 4.35. The maximum Gasteiger partial charge on any atom is 0.0971 e. The van der Waals surface area contributed by atoms with Gasteiger partial charge >= 0.3 is 0 Å². The molecule has 0 aromatic heterocycles. The Bertz CT molecular complexity index is 51.5. The van der Waals surface area contributed by atoms with E-state index >= 15 is 0 Å². The lowest BCUT2D eigenvalue weighted by Gasteiger charge is -1.89. The van der Waals surface area contributed by atoms with Gasteiger partial charge in [-0.05, 0) is 19.8 Å². The monoisotopic (exact) mass is 164 g/mol. The van der Waals surface area contributed by atoms with Gasteiger partial charge in [-0.3, -0.25) is 0 Å². The minimum atomic E-state index is -0.616. The smallest absolute Gasteiger partial charge is 0.0971 e. The first kappa shape index (κ1) is 13.5. The van der Waals surface area contributed by atoms with Gasteiger partial charge in [-0.25, -0.2) is 4.39 Å². The molecule has 11 heavy (non-hydrogen) atoms. The van der Waals surface area contributed by atoms with E-state index < -0.39 is 6.17 Å². The largest absolute Gasteiger partial charge is 0.385 e. The molecule has 1 atom stereocenters. The zero-order valence-electron chi connectivity index (χ0n) is 8.19. The summed E-state index contributed by atoms with van der Waals surface area (Å²) in [4.78, 5) is 0. The van der Waals surface area contributed by atoms with Crippen LogP contribution in [0, 0.1) is 0 Å². The molecule has 0 saturated carbocycles. The molecule has 0 saturated heterocycles. The summed E-state index contributed by atoms with van der Waals surface area (Å²) in [6, 6.07) is 0. The van der Waals surface area contributed by atoms with Gasteiger partial charge in [0.15, 0.2) is 0 Å². The van der Waals surface area contributed by atoms with Crippen LogP contribution < -0.4 is 0 Å². The Morgan fingerprint density at radius 3 is 1.91 bits per heavy atom. The average Bonchev–Trinajstić information content (AvgIpc) is 2.02. The fraction of sp³-hybridized carbons (Fsp3) is 1.00. The fourth-order valence-electron chi connectivity index (χ4n) is 0.289. The lowest BCUT2D eigenvalue weighted by Crippen LogP contribution is -1.84. The molecule has 0 aliphatic carbocycles. The molecule has 1 unspecified atom stereocenters. The van der Waals surface area contributed by atoms with Gasteiger partial charge < -0.3 is 4.74 Å². The Morgan fingerprint density at radius 1 is 1.36 bits per heavy atom. The van der Waals surface area contributed by atoms with Crippen LogP contribution in [0.5, 0.6) is 0 Å². The average molecular weight is 164 g/mol. The standard InChI is InChI=1S/C5H12O.C4H9F/c1-3-4-5-6-2;1-3-4(2)5/h3-5H2,1-2H3;4H,3H2,1-2H3. The molecule has 0 aliphatic heterocycles. The Labute approximate surface area is 69.9 Å². The maximum absolute atomic E-state index is 11.4. The van der Waals surface area contributed by atoms with E-state index in [-0.39, 0.29) is 0 Å². The number of hydrogen-bond acceptors (Lipinski definition) is 1. The maximum atomic E-state index is 11.4. The summed E-state index contributed by atoms with van der Waals surface area (Å²) in [5, 5.41) is 0. The molecular weight excluding hydrogens is 143 g/mol. The minimum Gasteiger partial charge on any atom is -0.385 e. The van der Waals surface area contributed by atoms with Crippen molar-refractivity contribution >= 4 is 0 Å². The molecule has 0 fully saturated rings. The van der Waals surface area contributed by atoms with Gasteiger partial charge in [-0.15, -0.1) is 0 Å². The van der Waals surface area contributed by atoms with E-state index in [4.69, 9.17) is 4.74 Å². The number of ether oxygens (including phenoxy) is 1. The second-order valence-corrected chi connectivity index (χ2v) is 2.54. The van der Waals surface area contributed by atoms with E-state index in [2.05, 4.69) is 6.92 Å². The summed E-state index contributed by atoms with van der Waals surface area (Å²) in [6.45, 7) is 6.44. The van der Waals surface area contributed by atoms with Gasteiger partial charge in [0.1, 0.15) is 0 Å². The quantitative estimate of drug-likeness (QED) is 0.580. The predicted molar refractivity (Wildman–Crippen MR) is 47.6 cm³/mol. The van der Waals surface area contributed by atoms with Crippen LogP contribution in [-0.4, -0.2) is 19.9 Å². The Morgan fingerprint density at radius 2 is 1.82 bits per heavy atom. The molecule has 0 amide bonds. The molecule has 0 spiro atoms. The topological polar surface area (TPSA) is 9.23 Å². The summed E-state index contributed by atoms with van der Waals surface area (Å²) in [7, 11) is 1.73. The lowest BCUT2D eigenvalue weighted by molar-refractivity contribution is 0.194. The van der Waals surface area contributed by atoms with Gasteiger partial charge in [0.2, 0.25) is 0 Å². The molecule has 0 bridgehead atoms. The van der Waals surface area contributed by atoms with Crippen molar-refractivity contribution in [1.82, 2.24) is 0 Å². The van der Waals surface area contributed by atoms with Crippen molar-refractivity contribution in [3.63, 3.8) is 0 Å². The normalized spacial score (nSPS) is 11.7. The third-order valence-electron chi connectivity index (χ3n) is 1.26. The molecule has 0 aliphatic rings. The molecule has 0 aromatic rings. The van der Waals surface area contributed by atoms with Crippen LogP contribution in [-0.2, 0) is 4.74 Å². The zero-order chi connectivity index (χ0) is 9.11. The predicted octanol–water partition coefficient (Wildman–Crippen LogP) is 3.19.